The minimum Gasteiger partial charge on any atom is -0.466 e. The molecule has 7 nitrogen and oxygen atoms in total. The Hall–Kier alpha value is -2.83. The van der Waals surface area contributed by atoms with Gasteiger partial charge in [-0.25, -0.2) is 0 Å². The number of aromatic nitrogens is 1. The van der Waals surface area contributed by atoms with Crippen molar-refractivity contribution in [3.05, 3.63) is 36.0 Å². The Bertz CT molecular complexity index is 821. The molecule has 1 aliphatic rings. The van der Waals surface area contributed by atoms with Gasteiger partial charge in [0, 0.05) is 36.7 Å². The molecule has 2 N–H and O–H groups in total. The molecule has 1 fully saturated rings. The van der Waals surface area contributed by atoms with Gasteiger partial charge in [-0.3, -0.25) is 14.4 Å². The molecule has 1 saturated heterocycles. The molecule has 0 spiro atoms. The van der Waals surface area contributed by atoms with Gasteiger partial charge in [-0.1, -0.05) is 18.2 Å². The molecule has 1 aromatic carbocycles. The van der Waals surface area contributed by atoms with E-state index in [1.54, 1.807) is 6.92 Å². The number of esters is 1. The molecule has 0 aliphatic carbocycles. The zero-order valence-electron chi connectivity index (χ0n) is 15.5. The van der Waals surface area contributed by atoms with Gasteiger partial charge in [-0.15, -0.1) is 0 Å². The number of nitrogens with zero attached hydrogens (tertiary/aromatic N) is 1. The van der Waals surface area contributed by atoms with Crippen molar-refractivity contribution < 1.29 is 19.1 Å². The predicted molar refractivity (Wildman–Crippen MR) is 101 cm³/mol. The molecule has 2 amide bonds. The number of amides is 2. The van der Waals surface area contributed by atoms with Crippen LogP contribution in [0.2, 0.25) is 0 Å². The first-order valence-corrected chi connectivity index (χ1v) is 9.39. The molecule has 144 valence electrons. The van der Waals surface area contributed by atoms with Crippen LogP contribution < -0.4 is 5.32 Å². The van der Waals surface area contributed by atoms with Gasteiger partial charge in [0.05, 0.1) is 12.5 Å². The van der Waals surface area contributed by atoms with E-state index in [2.05, 4.69) is 10.3 Å². The van der Waals surface area contributed by atoms with E-state index in [0.717, 1.165) is 16.5 Å². The second kappa shape index (κ2) is 8.70. The quantitative estimate of drug-likeness (QED) is 0.617. The molecular weight excluding hydrogens is 346 g/mol. The van der Waals surface area contributed by atoms with Crippen molar-refractivity contribution in [3.63, 3.8) is 0 Å². The highest BCUT2D eigenvalue weighted by Crippen LogP contribution is 2.19. The van der Waals surface area contributed by atoms with Gasteiger partial charge >= 0.3 is 17.8 Å². The number of rotatable bonds is 5. The molecule has 7 heteroatoms. The molecule has 0 saturated carbocycles. The van der Waals surface area contributed by atoms with E-state index in [9.17, 15) is 14.4 Å². The average molecular weight is 371 g/mol. The molecule has 0 unspecified atom stereocenters. The van der Waals surface area contributed by atoms with Crippen LogP contribution in [0, 0.1) is 5.92 Å². The number of carbonyl (C=O) groups excluding carboxylic acids is 3. The summed E-state index contributed by atoms with van der Waals surface area (Å²) in [7, 11) is 0. The number of benzene rings is 1. The van der Waals surface area contributed by atoms with Crippen molar-refractivity contribution in [3.8, 4) is 0 Å². The number of piperidine rings is 1. The van der Waals surface area contributed by atoms with Crippen LogP contribution in [-0.4, -0.2) is 53.9 Å². The minimum atomic E-state index is -0.593. The van der Waals surface area contributed by atoms with Crippen molar-refractivity contribution in [2.75, 3.05) is 26.2 Å². The number of likely N-dealkylation sites (tertiary alicyclic amines) is 1. The van der Waals surface area contributed by atoms with Crippen molar-refractivity contribution in [2.24, 2.45) is 5.92 Å². The van der Waals surface area contributed by atoms with Crippen LogP contribution in [0.25, 0.3) is 10.9 Å². The Morgan fingerprint density at radius 2 is 1.96 bits per heavy atom. The molecule has 2 heterocycles. The Labute approximate surface area is 158 Å². The Kier molecular flexibility index (Phi) is 6.11. The smallest absolute Gasteiger partial charge is 0.311 e. The monoisotopic (exact) mass is 371 g/mol. The van der Waals surface area contributed by atoms with Crippen molar-refractivity contribution in [1.29, 1.82) is 0 Å². The van der Waals surface area contributed by atoms with E-state index in [4.69, 9.17) is 4.74 Å². The zero-order chi connectivity index (χ0) is 19.2. The topological polar surface area (TPSA) is 91.5 Å². The number of hydrogen-bond acceptors (Lipinski definition) is 4. The molecule has 0 atom stereocenters. The van der Waals surface area contributed by atoms with Gasteiger partial charge in [0.15, 0.2) is 0 Å². The molecule has 0 radical (unpaired) electrons. The lowest BCUT2D eigenvalue weighted by Gasteiger charge is -2.30. The SMILES string of the molecule is CCOC(=O)C1CCN(C(=O)C(=O)NCCc2c[nH]c3ccccc23)CC1. The second-order valence-electron chi connectivity index (χ2n) is 6.68. The fraction of sp³-hybridized carbons (Fsp3) is 0.450. The third kappa shape index (κ3) is 4.48. The molecule has 0 bridgehead atoms. The number of carbonyl (C=O) groups is 3. The summed E-state index contributed by atoms with van der Waals surface area (Å²) in [5.41, 5.74) is 2.16. The van der Waals surface area contributed by atoms with Crippen molar-refractivity contribution >= 4 is 28.7 Å². The number of hydrogen-bond donors (Lipinski definition) is 2. The number of H-pyrrole nitrogens is 1. The fourth-order valence-electron chi connectivity index (χ4n) is 3.45. The first-order chi connectivity index (χ1) is 13.1. The van der Waals surface area contributed by atoms with E-state index < -0.39 is 11.8 Å². The third-order valence-corrected chi connectivity index (χ3v) is 4.95. The van der Waals surface area contributed by atoms with Gasteiger partial charge in [-0.2, -0.15) is 0 Å². The highest BCUT2D eigenvalue weighted by molar-refractivity contribution is 6.35. The third-order valence-electron chi connectivity index (χ3n) is 4.95. The number of para-hydroxylation sites is 1. The number of aromatic amines is 1. The number of nitrogens with one attached hydrogen (secondary N) is 2. The summed E-state index contributed by atoms with van der Waals surface area (Å²) >= 11 is 0. The summed E-state index contributed by atoms with van der Waals surface area (Å²) in [4.78, 5) is 40.9. The molecule has 3 rings (SSSR count). The Morgan fingerprint density at radius 1 is 1.22 bits per heavy atom. The largest absolute Gasteiger partial charge is 0.466 e. The normalized spacial score (nSPS) is 14.9. The van der Waals surface area contributed by atoms with Gasteiger partial charge in [-0.05, 0) is 37.8 Å². The lowest BCUT2D eigenvalue weighted by atomic mass is 9.97. The van der Waals surface area contributed by atoms with Crippen LogP contribution in [0.3, 0.4) is 0 Å². The van der Waals surface area contributed by atoms with Crippen molar-refractivity contribution in [2.45, 2.75) is 26.2 Å². The molecule has 27 heavy (non-hydrogen) atoms. The summed E-state index contributed by atoms with van der Waals surface area (Å²) in [5, 5.41) is 3.83. The van der Waals surface area contributed by atoms with E-state index in [1.807, 2.05) is 30.5 Å². The average Bonchev–Trinajstić information content (AvgIpc) is 3.11. The van der Waals surface area contributed by atoms with Crippen molar-refractivity contribution in [1.82, 2.24) is 15.2 Å². The highest BCUT2D eigenvalue weighted by Gasteiger charge is 2.30. The summed E-state index contributed by atoms with van der Waals surface area (Å²) in [6.07, 6.45) is 3.65. The summed E-state index contributed by atoms with van der Waals surface area (Å²) < 4.78 is 5.02. The zero-order valence-corrected chi connectivity index (χ0v) is 15.5. The highest BCUT2D eigenvalue weighted by atomic mass is 16.5. The van der Waals surface area contributed by atoms with Crippen LogP contribution in [0.1, 0.15) is 25.3 Å². The molecule has 2 aromatic rings. The maximum absolute atomic E-state index is 12.3. The van der Waals surface area contributed by atoms with Crippen LogP contribution >= 0.6 is 0 Å². The van der Waals surface area contributed by atoms with Gasteiger partial charge < -0.3 is 19.9 Å². The van der Waals surface area contributed by atoms with E-state index in [0.29, 0.717) is 45.5 Å². The fourth-order valence-corrected chi connectivity index (χ4v) is 3.45. The van der Waals surface area contributed by atoms with E-state index >= 15 is 0 Å². The minimum absolute atomic E-state index is 0.182. The molecule has 1 aliphatic heterocycles. The summed E-state index contributed by atoms with van der Waals surface area (Å²) in [6.45, 7) is 3.33. The van der Waals surface area contributed by atoms with E-state index in [1.165, 1.54) is 4.90 Å². The van der Waals surface area contributed by atoms with Crippen LogP contribution in [0.15, 0.2) is 30.5 Å². The Balaban J connectivity index is 1.44. The Morgan fingerprint density at radius 3 is 2.70 bits per heavy atom. The second-order valence-corrected chi connectivity index (χ2v) is 6.68. The van der Waals surface area contributed by atoms with E-state index in [-0.39, 0.29) is 11.9 Å². The molecular formula is C20H25N3O4. The summed E-state index contributed by atoms with van der Waals surface area (Å²) in [6, 6.07) is 7.97. The van der Waals surface area contributed by atoms with Crippen LogP contribution in [-0.2, 0) is 25.5 Å². The molecule has 1 aromatic heterocycles. The van der Waals surface area contributed by atoms with Gasteiger partial charge in [0.1, 0.15) is 0 Å². The van der Waals surface area contributed by atoms with Gasteiger partial charge in [0.2, 0.25) is 0 Å². The van der Waals surface area contributed by atoms with Crippen LogP contribution in [0.4, 0.5) is 0 Å². The first-order valence-electron chi connectivity index (χ1n) is 9.39. The lowest BCUT2D eigenvalue weighted by molar-refractivity contribution is -0.152. The maximum Gasteiger partial charge on any atom is 0.311 e. The number of fused-ring (bicyclic) bond motifs is 1. The first kappa shape index (κ1) is 18.9. The summed E-state index contributed by atoms with van der Waals surface area (Å²) in [5.74, 6) is -1.52. The standard InChI is InChI=1S/C20H25N3O4/c1-2-27-20(26)14-8-11-23(12-9-14)19(25)18(24)21-10-7-15-13-22-17-6-4-3-5-16(15)17/h3-6,13-14,22H,2,7-12H2,1H3,(H,21,24). The lowest BCUT2D eigenvalue weighted by Crippen LogP contribution is -2.47. The van der Waals surface area contributed by atoms with Crippen LogP contribution in [0.5, 0.6) is 0 Å². The number of ether oxygens (including phenoxy) is 1. The van der Waals surface area contributed by atoms with Gasteiger partial charge in [0.25, 0.3) is 0 Å². The maximum atomic E-state index is 12.3. The predicted octanol–water partition coefficient (Wildman–Crippen LogP) is 1.63.